The van der Waals surface area contributed by atoms with E-state index >= 15 is 0 Å². The zero-order valence-electron chi connectivity index (χ0n) is 12.7. The van der Waals surface area contributed by atoms with Gasteiger partial charge in [-0.25, -0.2) is 0 Å². The molecule has 0 aromatic heterocycles. The second kappa shape index (κ2) is 7.58. The van der Waals surface area contributed by atoms with Gasteiger partial charge >= 0.3 is 0 Å². The van der Waals surface area contributed by atoms with Crippen LogP contribution in [0.2, 0.25) is 0 Å². The van der Waals surface area contributed by atoms with E-state index < -0.39 is 0 Å². The summed E-state index contributed by atoms with van der Waals surface area (Å²) in [4.78, 5) is 2.58. The monoisotopic (exact) mass is 338 g/mol. The first-order valence-electron chi connectivity index (χ1n) is 7.85. The lowest BCUT2D eigenvalue weighted by molar-refractivity contribution is 0.131. The minimum absolute atomic E-state index is 0.379. The Morgan fingerprint density at radius 1 is 1.35 bits per heavy atom. The fraction of sp³-hybridized carbons (Fsp3) is 0.647. The van der Waals surface area contributed by atoms with Gasteiger partial charge in [-0.2, -0.15) is 0 Å². The van der Waals surface area contributed by atoms with Crippen LogP contribution in [0.5, 0.6) is 0 Å². The Bertz CT molecular complexity index is 425. The summed E-state index contributed by atoms with van der Waals surface area (Å²) in [6.45, 7) is 7.54. The van der Waals surface area contributed by atoms with Gasteiger partial charge in [0.15, 0.2) is 0 Å². The van der Waals surface area contributed by atoms with Crippen LogP contribution in [0, 0.1) is 12.8 Å². The van der Waals surface area contributed by atoms with E-state index in [4.69, 9.17) is 5.73 Å². The molecule has 1 aliphatic heterocycles. The first kappa shape index (κ1) is 16.0. The van der Waals surface area contributed by atoms with Gasteiger partial charge in [0.1, 0.15) is 0 Å². The molecule has 1 heterocycles. The van der Waals surface area contributed by atoms with E-state index in [1.54, 1.807) is 0 Å². The van der Waals surface area contributed by atoms with Gasteiger partial charge in [0.05, 0.1) is 0 Å². The highest BCUT2D eigenvalue weighted by Crippen LogP contribution is 2.29. The largest absolute Gasteiger partial charge is 0.329 e. The molecule has 2 rings (SSSR count). The van der Waals surface area contributed by atoms with E-state index in [1.165, 1.54) is 54.4 Å². The third kappa shape index (κ3) is 3.84. The van der Waals surface area contributed by atoms with E-state index in [0.29, 0.717) is 12.6 Å². The molecular formula is C17H27BrN2. The van der Waals surface area contributed by atoms with Gasteiger partial charge in [0.25, 0.3) is 0 Å². The highest BCUT2D eigenvalue weighted by molar-refractivity contribution is 9.10. The number of nitrogens with two attached hydrogens (primary N) is 1. The maximum absolute atomic E-state index is 6.06. The predicted molar refractivity (Wildman–Crippen MR) is 89.9 cm³/mol. The van der Waals surface area contributed by atoms with Crippen LogP contribution in [0.3, 0.4) is 0 Å². The minimum Gasteiger partial charge on any atom is -0.329 e. The summed E-state index contributed by atoms with van der Waals surface area (Å²) >= 11 is 3.58. The fourth-order valence-electron chi connectivity index (χ4n) is 3.33. The normalized spacial score (nSPS) is 19.2. The summed E-state index contributed by atoms with van der Waals surface area (Å²) in [5.74, 6) is 0.932. The predicted octanol–water partition coefficient (Wildman–Crippen LogP) is 4.27. The van der Waals surface area contributed by atoms with Gasteiger partial charge in [-0.15, -0.1) is 0 Å². The minimum atomic E-state index is 0.379. The summed E-state index contributed by atoms with van der Waals surface area (Å²) in [6.07, 6.45) is 5.37. The molecule has 1 atom stereocenters. The molecule has 112 valence electrons. The Morgan fingerprint density at radius 3 is 2.60 bits per heavy atom. The Hall–Kier alpha value is -0.380. The fourth-order valence-corrected chi connectivity index (χ4v) is 3.58. The van der Waals surface area contributed by atoms with E-state index in [2.05, 4.69) is 52.9 Å². The molecule has 1 aliphatic rings. The molecule has 3 heteroatoms. The van der Waals surface area contributed by atoms with E-state index in [9.17, 15) is 0 Å². The Morgan fingerprint density at radius 2 is 2.05 bits per heavy atom. The van der Waals surface area contributed by atoms with Crippen molar-refractivity contribution in [2.75, 3.05) is 19.6 Å². The average molecular weight is 339 g/mol. The van der Waals surface area contributed by atoms with Crippen molar-refractivity contribution in [1.29, 1.82) is 0 Å². The van der Waals surface area contributed by atoms with Crippen molar-refractivity contribution in [2.45, 2.75) is 45.6 Å². The molecule has 0 bridgehead atoms. The average Bonchev–Trinajstić information content (AvgIpc) is 2.46. The number of hydrogen-bond donors (Lipinski definition) is 1. The quantitative estimate of drug-likeness (QED) is 0.868. The van der Waals surface area contributed by atoms with Gasteiger partial charge in [-0.05, 0) is 56.0 Å². The van der Waals surface area contributed by atoms with Gasteiger partial charge in [-0.1, -0.05) is 47.8 Å². The Balaban J connectivity index is 2.03. The number of nitrogens with zero attached hydrogens (tertiary/aromatic N) is 1. The molecule has 2 N–H and O–H groups in total. The zero-order chi connectivity index (χ0) is 14.5. The zero-order valence-corrected chi connectivity index (χ0v) is 14.3. The molecule has 0 saturated carbocycles. The second-order valence-electron chi connectivity index (χ2n) is 6.03. The van der Waals surface area contributed by atoms with Crippen molar-refractivity contribution in [3.63, 3.8) is 0 Å². The smallest absolute Gasteiger partial charge is 0.0470 e. The molecule has 1 unspecified atom stereocenters. The molecule has 0 aliphatic carbocycles. The van der Waals surface area contributed by atoms with Gasteiger partial charge < -0.3 is 5.73 Å². The molecule has 20 heavy (non-hydrogen) atoms. The third-order valence-corrected chi connectivity index (χ3v) is 5.47. The van der Waals surface area contributed by atoms with Gasteiger partial charge in [-0.3, -0.25) is 4.90 Å². The first-order chi connectivity index (χ1) is 9.65. The summed E-state index contributed by atoms with van der Waals surface area (Å²) in [5, 5.41) is 0. The van der Waals surface area contributed by atoms with Crippen LogP contribution in [-0.2, 0) is 0 Å². The van der Waals surface area contributed by atoms with Gasteiger partial charge in [0.2, 0.25) is 0 Å². The lowest BCUT2D eigenvalue weighted by Crippen LogP contribution is -2.39. The van der Waals surface area contributed by atoms with Crippen LogP contribution in [0.25, 0.3) is 0 Å². The molecule has 0 amide bonds. The van der Waals surface area contributed by atoms with Crippen LogP contribution in [0.1, 0.15) is 49.8 Å². The van der Waals surface area contributed by atoms with E-state index in [0.717, 1.165) is 5.92 Å². The summed E-state index contributed by atoms with van der Waals surface area (Å²) < 4.78 is 1.18. The van der Waals surface area contributed by atoms with Crippen molar-refractivity contribution in [3.05, 3.63) is 33.8 Å². The Kier molecular flexibility index (Phi) is 6.06. The molecule has 1 aromatic carbocycles. The summed E-state index contributed by atoms with van der Waals surface area (Å²) in [5.41, 5.74) is 8.72. The molecule has 0 radical (unpaired) electrons. The van der Waals surface area contributed by atoms with Crippen molar-refractivity contribution in [3.8, 4) is 0 Å². The first-order valence-corrected chi connectivity index (χ1v) is 8.65. The molecular weight excluding hydrogens is 312 g/mol. The SMILES string of the molecule is CCCC1CCN(C(CN)c2ccc(Br)c(C)c2)CC1. The van der Waals surface area contributed by atoms with E-state index in [1.807, 2.05) is 0 Å². The second-order valence-corrected chi connectivity index (χ2v) is 6.88. The maximum Gasteiger partial charge on any atom is 0.0470 e. The lowest BCUT2D eigenvalue weighted by Gasteiger charge is -2.37. The standard InChI is InChI=1S/C17H27BrN2/c1-3-4-14-7-9-20(10-8-14)17(12-19)15-5-6-16(18)13(2)11-15/h5-6,11,14,17H,3-4,7-10,12,19H2,1-2H3. The highest BCUT2D eigenvalue weighted by atomic mass is 79.9. The number of hydrogen-bond acceptors (Lipinski definition) is 2. The molecule has 2 nitrogen and oxygen atoms in total. The number of aryl methyl sites for hydroxylation is 1. The molecule has 1 saturated heterocycles. The third-order valence-electron chi connectivity index (χ3n) is 4.58. The van der Waals surface area contributed by atoms with Crippen molar-refractivity contribution < 1.29 is 0 Å². The van der Waals surface area contributed by atoms with Crippen LogP contribution in [0.4, 0.5) is 0 Å². The summed E-state index contributed by atoms with van der Waals surface area (Å²) in [6, 6.07) is 7.02. The van der Waals surface area contributed by atoms with Crippen molar-refractivity contribution in [2.24, 2.45) is 11.7 Å². The number of benzene rings is 1. The van der Waals surface area contributed by atoms with Crippen LogP contribution in [-0.4, -0.2) is 24.5 Å². The van der Waals surface area contributed by atoms with Crippen molar-refractivity contribution in [1.82, 2.24) is 4.90 Å². The maximum atomic E-state index is 6.06. The highest BCUT2D eigenvalue weighted by Gasteiger charge is 2.25. The van der Waals surface area contributed by atoms with Crippen molar-refractivity contribution >= 4 is 15.9 Å². The number of rotatable bonds is 5. The molecule has 0 spiro atoms. The number of piperidine rings is 1. The van der Waals surface area contributed by atoms with Crippen LogP contribution in [0.15, 0.2) is 22.7 Å². The number of likely N-dealkylation sites (tertiary alicyclic amines) is 1. The molecule has 1 fully saturated rings. The molecule has 1 aromatic rings. The topological polar surface area (TPSA) is 29.3 Å². The van der Waals surface area contributed by atoms with Crippen LogP contribution < -0.4 is 5.73 Å². The van der Waals surface area contributed by atoms with Crippen LogP contribution >= 0.6 is 15.9 Å². The Labute approximate surface area is 131 Å². The van der Waals surface area contributed by atoms with Gasteiger partial charge in [0, 0.05) is 17.1 Å². The number of halogens is 1. The lowest BCUT2D eigenvalue weighted by atomic mass is 9.90. The van der Waals surface area contributed by atoms with E-state index in [-0.39, 0.29) is 0 Å². The summed E-state index contributed by atoms with van der Waals surface area (Å²) in [7, 11) is 0.